The predicted octanol–water partition coefficient (Wildman–Crippen LogP) is 4.39. The van der Waals surface area contributed by atoms with Crippen LogP contribution in [0.2, 0.25) is 0 Å². The standard InChI is InChI=1S/C19H22N2OS/c1-20-11-9-14(10-12-20)21-16-5-3-4-6-18(16)23-19-13-15(22-2)7-8-17(19)21/h3-8,13-14H,9-12H2,1-2H3. The fourth-order valence-corrected chi connectivity index (χ4v) is 4.64. The van der Waals surface area contributed by atoms with Gasteiger partial charge in [0.15, 0.2) is 0 Å². The number of hydrogen-bond donors (Lipinski definition) is 0. The summed E-state index contributed by atoms with van der Waals surface area (Å²) in [5, 5.41) is 0. The van der Waals surface area contributed by atoms with Gasteiger partial charge in [0.1, 0.15) is 5.75 Å². The Balaban J connectivity index is 1.78. The molecular weight excluding hydrogens is 304 g/mol. The zero-order valence-corrected chi connectivity index (χ0v) is 14.5. The molecule has 2 aromatic carbocycles. The molecule has 120 valence electrons. The lowest BCUT2D eigenvalue weighted by molar-refractivity contribution is 0.255. The zero-order chi connectivity index (χ0) is 15.8. The highest BCUT2D eigenvalue weighted by Gasteiger charge is 2.31. The molecule has 2 aliphatic rings. The molecule has 4 heteroatoms. The van der Waals surface area contributed by atoms with Gasteiger partial charge in [-0.2, -0.15) is 0 Å². The molecule has 2 aromatic rings. The monoisotopic (exact) mass is 326 g/mol. The van der Waals surface area contributed by atoms with Crippen molar-refractivity contribution in [2.75, 3.05) is 32.1 Å². The number of likely N-dealkylation sites (tertiary alicyclic amines) is 1. The predicted molar refractivity (Wildman–Crippen MR) is 96.2 cm³/mol. The number of fused-ring (bicyclic) bond motifs is 2. The second-order valence-electron chi connectivity index (χ2n) is 6.31. The van der Waals surface area contributed by atoms with Crippen LogP contribution in [0.4, 0.5) is 11.4 Å². The molecule has 0 aliphatic carbocycles. The summed E-state index contributed by atoms with van der Waals surface area (Å²) >= 11 is 1.85. The van der Waals surface area contributed by atoms with Crippen molar-refractivity contribution in [3.8, 4) is 5.75 Å². The summed E-state index contributed by atoms with van der Waals surface area (Å²) in [4.78, 5) is 7.62. The van der Waals surface area contributed by atoms with Crippen LogP contribution in [-0.4, -0.2) is 38.2 Å². The molecule has 2 aliphatic heterocycles. The highest BCUT2D eigenvalue weighted by atomic mass is 32.2. The lowest BCUT2D eigenvalue weighted by Crippen LogP contribution is -2.42. The van der Waals surface area contributed by atoms with E-state index in [2.05, 4.69) is 59.3 Å². The number of hydrogen-bond acceptors (Lipinski definition) is 4. The first-order chi connectivity index (χ1) is 11.3. The van der Waals surface area contributed by atoms with Crippen LogP contribution in [0.1, 0.15) is 12.8 Å². The van der Waals surface area contributed by atoms with Gasteiger partial charge in [0.05, 0.1) is 18.5 Å². The minimum atomic E-state index is 0.570. The molecule has 23 heavy (non-hydrogen) atoms. The first-order valence-corrected chi connectivity index (χ1v) is 9.00. The first kappa shape index (κ1) is 14.9. The summed E-state index contributed by atoms with van der Waals surface area (Å²) in [7, 11) is 3.95. The van der Waals surface area contributed by atoms with Crippen LogP contribution in [0.3, 0.4) is 0 Å². The molecule has 2 heterocycles. The van der Waals surface area contributed by atoms with E-state index in [1.807, 2.05) is 11.8 Å². The Kier molecular flexibility index (Phi) is 3.95. The Bertz CT molecular complexity index is 710. The molecular formula is C19H22N2OS. The number of benzene rings is 2. The van der Waals surface area contributed by atoms with Crippen LogP contribution in [0.15, 0.2) is 52.3 Å². The number of para-hydroxylation sites is 1. The molecule has 0 aromatic heterocycles. The van der Waals surface area contributed by atoms with Crippen LogP contribution < -0.4 is 9.64 Å². The van der Waals surface area contributed by atoms with E-state index in [1.165, 1.54) is 47.1 Å². The minimum Gasteiger partial charge on any atom is -0.497 e. The molecule has 0 N–H and O–H groups in total. The number of anilines is 2. The maximum Gasteiger partial charge on any atom is 0.120 e. The summed E-state index contributed by atoms with van der Waals surface area (Å²) in [6, 6.07) is 15.8. The summed E-state index contributed by atoms with van der Waals surface area (Å²) < 4.78 is 5.42. The third kappa shape index (κ3) is 2.70. The van der Waals surface area contributed by atoms with E-state index in [4.69, 9.17) is 4.74 Å². The average Bonchev–Trinajstić information content (AvgIpc) is 2.60. The second-order valence-corrected chi connectivity index (χ2v) is 7.39. The molecule has 0 radical (unpaired) electrons. The molecule has 3 nitrogen and oxygen atoms in total. The van der Waals surface area contributed by atoms with E-state index >= 15 is 0 Å². The van der Waals surface area contributed by atoms with Crippen molar-refractivity contribution >= 4 is 23.1 Å². The fraction of sp³-hybridized carbons (Fsp3) is 0.368. The van der Waals surface area contributed by atoms with E-state index < -0.39 is 0 Å². The van der Waals surface area contributed by atoms with Crippen molar-refractivity contribution in [3.05, 3.63) is 42.5 Å². The third-order valence-corrected chi connectivity index (χ3v) is 5.94. The van der Waals surface area contributed by atoms with Crippen LogP contribution in [0.25, 0.3) is 0 Å². The largest absolute Gasteiger partial charge is 0.497 e. The first-order valence-electron chi connectivity index (χ1n) is 8.19. The summed E-state index contributed by atoms with van der Waals surface area (Å²) in [6.45, 7) is 2.34. The Morgan fingerprint density at radius 3 is 2.52 bits per heavy atom. The van der Waals surface area contributed by atoms with Crippen molar-refractivity contribution in [1.82, 2.24) is 4.90 Å². The lowest BCUT2D eigenvalue weighted by atomic mass is 10.0. The molecule has 4 rings (SSSR count). The van der Waals surface area contributed by atoms with Gasteiger partial charge in [-0.25, -0.2) is 0 Å². The second kappa shape index (κ2) is 6.10. The Hall–Kier alpha value is -1.65. The van der Waals surface area contributed by atoms with Gasteiger partial charge in [-0.15, -0.1) is 0 Å². The van der Waals surface area contributed by atoms with Crippen molar-refractivity contribution in [2.24, 2.45) is 0 Å². The maximum absolute atomic E-state index is 5.42. The quantitative estimate of drug-likeness (QED) is 0.813. The van der Waals surface area contributed by atoms with Gasteiger partial charge in [0.25, 0.3) is 0 Å². The number of rotatable bonds is 2. The molecule has 0 bridgehead atoms. The smallest absolute Gasteiger partial charge is 0.120 e. The lowest BCUT2D eigenvalue weighted by Gasteiger charge is -2.42. The summed E-state index contributed by atoms with van der Waals surface area (Å²) in [5.41, 5.74) is 2.67. The van der Waals surface area contributed by atoms with Gasteiger partial charge in [0, 0.05) is 15.8 Å². The number of nitrogens with zero attached hydrogens (tertiary/aromatic N) is 2. The highest BCUT2D eigenvalue weighted by Crippen LogP contribution is 2.50. The molecule has 0 amide bonds. The van der Waals surface area contributed by atoms with Gasteiger partial charge in [-0.3, -0.25) is 0 Å². The summed E-state index contributed by atoms with van der Waals surface area (Å²) in [5.74, 6) is 0.930. The number of ether oxygens (including phenoxy) is 1. The van der Waals surface area contributed by atoms with Crippen molar-refractivity contribution < 1.29 is 4.74 Å². The fourth-order valence-electron chi connectivity index (χ4n) is 3.54. The molecule has 0 atom stereocenters. The zero-order valence-electron chi connectivity index (χ0n) is 13.7. The van der Waals surface area contributed by atoms with Gasteiger partial charge in [-0.05, 0) is 63.3 Å². The Morgan fingerprint density at radius 1 is 1.00 bits per heavy atom. The van der Waals surface area contributed by atoms with Crippen LogP contribution in [0.5, 0.6) is 5.75 Å². The normalized spacial score (nSPS) is 18.4. The van der Waals surface area contributed by atoms with Gasteiger partial charge >= 0.3 is 0 Å². The van der Waals surface area contributed by atoms with Crippen molar-refractivity contribution in [3.63, 3.8) is 0 Å². The molecule has 1 saturated heterocycles. The van der Waals surface area contributed by atoms with E-state index in [0.717, 1.165) is 5.75 Å². The van der Waals surface area contributed by atoms with Crippen molar-refractivity contribution in [1.29, 1.82) is 0 Å². The average molecular weight is 326 g/mol. The number of piperidine rings is 1. The maximum atomic E-state index is 5.42. The van der Waals surface area contributed by atoms with E-state index in [0.29, 0.717) is 6.04 Å². The minimum absolute atomic E-state index is 0.570. The van der Waals surface area contributed by atoms with E-state index in [1.54, 1.807) is 7.11 Å². The number of methoxy groups -OCH3 is 1. The van der Waals surface area contributed by atoms with Gasteiger partial charge < -0.3 is 14.5 Å². The summed E-state index contributed by atoms with van der Waals surface area (Å²) in [6.07, 6.45) is 2.42. The highest BCUT2D eigenvalue weighted by molar-refractivity contribution is 7.99. The molecule has 1 fully saturated rings. The Labute approximate surface area is 142 Å². The van der Waals surface area contributed by atoms with Gasteiger partial charge in [-0.1, -0.05) is 23.9 Å². The topological polar surface area (TPSA) is 15.7 Å². The van der Waals surface area contributed by atoms with E-state index in [9.17, 15) is 0 Å². The molecule has 0 unspecified atom stereocenters. The van der Waals surface area contributed by atoms with Crippen LogP contribution in [0, 0.1) is 0 Å². The van der Waals surface area contributed by atoms with E-state index in [-0.39, 0.29) is 0 Å². The third-order valence-electron chi connectivity index (χ3n) is 4.82. The van der Waals surface area contributed by atoms with Crippen LogP contribution >= 0.6 is 11.8 Å². The van der Waals surface area contributed by atoms with Gasteiger partial charge in [0.2, 0.25) is 0 Å². The van der Waals surface area contributed by atoms with Crippen molar-refractivity contribution in [2.45, 2.75) is 28.7 Å². The Morgan fingerprint density at radius 2 is 1.74 bits per heavy atom. The molecule has 0 saturated carbocycles. The van der Waals surface area contributed by atoms with Crippen LogP contribution in [-0.2, 0) is 0 Å². The SMILES string of the molecule is COc1ccc2c(c1)Sc1ccccc1N2C1CCN(C)CC1. The molecule has 0 spiro atoms.